The van der Waals surface area contributed by atoms with Gasteiger partial charge in [0, 0.05) is 20.2 Å². The van der Waals surface area contributed by atoms with Crippen LogP contribution in [-0.2, 0) is 22.5 Å². The first-order valence-corrected chi connectivity index (χ1v) is 9.60. The number of benzene rings is 1. The van der Waals surface area contributed by atoms with E-state index in [1.807, 2.05) is 24.8 Å². The Morgan fingerprint density at radius 3 is 2.26 bits per heavy atom. The fourth-order valence-corrected chi connectivity index (χ4v) is 3.90. The van der Waals surface area contributed by atoms with Crippen molar-refractivity contribution in [3.8, 4) is 11.5 Å². The molecular formula is C20H31ClN2O4. The van der Waals surface area contributed by atoms with Crippen LogP contribution in [0.15, 0.2) is 12.1 Å². The first-order valence-electron chi connectivity index (χ1n) is 9.60. The highest BCUT2D eigenvalue weighted by Gasteiger charge is 2.43. The molecule has 2 aliphatic rings. The Morgan fingerprint density at radius 1 is 1.11 bits per heavy atom. The summed E-state index contributed by atoms with van der Waals surface area (Å²) in [6.45, 7) is 8.06. The summed E-state index contributed by atoms with van der Waals surface area (Å²) in [5.41, 5.74) is 1.69. The smallest absolute Gasteiger partial charge is 0.255 e. The molecule has 1 saturated heterocycles. The monoisotopic (exact) mass is 398 g/mol. The van der Waals surface area contributed by atoms with Crippen molar-refractivity contribution in [1.29, 1.82) is 0 Å². The van der Waals surface area contributed by atoms with Crippen molar-refractivity contribution < 1.29 is 19.0 Å². The average molecular weight is 399 g/mol. The van der Waals surface area contributed by atoms with Gasteiger partial charge in [-0.15, -0.1) is 12.4 Å². The molecule has 7 heteroatoms. The molecule has 0 aliphatic carbocycles. The van der Waals surface area contributed by atoms with Gasteiger partial charge in [-0.2, -0.15) is 0 Å². The molecule has 1 fully saturated rings. The predicted molar refractivity (Wildman–Crippen MR) is 107 cm³/mol. The number of methoxy groups -OCH3 is 1. The van der Waals surface area contributed by atoms with E-state index in [-0.39, 0.29) is 18.3 Å². The number of fused-ring (bicyclic) bond motifs is 1. The van der Waals surface area contributed by atoms with Crippen LogP contribution in [0.25, 0.3) is 0 Å². The number of nitrogens with zero attached hydrogens (tertiary/aromatic N) is 1. The van der Waals surface area contributed by atoms with Gasteiger partial charge in [-0.25, -0.2) is 0 Å². The number of carbonyl (C=O) groups is 1. The van der Waals surface area contributed by atoms with Crippen LogP contribution in [0.2, 0.25) is 0 Å². The van der Waals surface area contributed by atoms with Gasteiger partial charge in [0.05, 0.1) is 13.2 Å². The summed E-state index contributed by atoms with van der Waals surface area (Å²) in [4.78, 5) is 15.2. The Labute approximate surface area is 167 Å². The lowest BCUT2D eigenvalue weighted by atomic mass is 9.89. The van der Waals surface area contributed by atoms with Gasteiger partial charge in [0.1, 0.15) is 5.60 Å². The number of piperidine rings is 1. The summed E-state index contributed by atoms with van der Waals surface area (Å²) < 4.78 is 17.2. The molecule has 0 atom stereocenters. The SMILES string of the molecule is CCOc1cc2c(cc1OCC)CN(C(=O)C1(OC)CCNCC1)CC2.Cl. The molecule has 1 amide bonds. The zero-order valence-corrected chi connectivity index (χ0v) is 17.3. The Morgan fingerprint density at radius 2 is 1.70 bits per heavy atom. The Hall–Kier alpha value is -1.50. The van der Waals surface area contributed by atoms with E-state index in [1.165, 1.54) is 5.56 Å². The maximum absolute atomic E-state index is 13.2. The lowest BCUT2D eigenvalue weighted by Gasteiger charge is -2.40. The number of hydrogen-bond donors (Lipinski definition) is 1. The van der Waals surface area contributed by atoms with E-state index in [0.717, 1.165) is 49.4 Å². The van der Waals surface area contributed by atoms with E-state index in [9.17, 15) is 4.79 Å². The summed E-state index contributed by atoms with van der Waals surface area (Å²) in [6.07, 6.45) is 2.27. The number of nitrogens with one attached hydrogen (secondary N) is 1. The molecule has 1 aromatic rings. The first-order chi connectivity index (χ1) is 12.6. The Balaban J connectivity index is 0.00000261. The molecule has 1 aromatic carbocycles. The molecule has 1 N–H and O–H groups in total. The van der Waals surface area contributed by atoms with Gasteiger partial charge in [-0.1, -0.05) is 0 Å². The third kappa shape index (κ3) is 4.50. The molecule has 3 rings (SSSR count). The van der Waals surface area contributed by atoms with Crippen LogP contribution in [0.1, 0.15) is 37.8 Å². The van der Waals surface area contributed by atoms with Gasteiger partial charge in [-0.3, -0.25) is 4.79 Å². The van der Waals surface area contributed by atoms with E-state index in [0.29, 0.717) is 26.3 Å². The molecule has 0 radical (unpaired) electrons. The minimum absolute atomic E-state index is 0. The molecule has 27 heavy (non-hydrogen) atoms. The molecule has 6 nitrogen and oxygen atoms in total. The van der Waals surface area contributed by atoms with Crippen LogP contribution in [-0.4, -0.2) is 56.4 Å². The number of rotatable bonds is 6. The van der Waals surface area contributed by atoms with Crippen molar-refractivity contribution in [3.63, 3.8) is 0 Å². The second-order valence-electron chi connectivity index (χ2n) is 6.86. The molecular weight excluding hydrogens is 368 g/mol. The van der Waals surface area contributed by atoms with Crippen molar-refractivity contribution in [2.45, 2.75) is 45.3 Å². The maximum Gasteiger partial charge on any atom is 0.255 e. The number of ether oxygens (including phenoxy) is 3. The second-order valence-corrected chi connectivity index (χ2v) is 6.86. The fourth-order valence-electron chi connectivity index (χ4n) is 3.90. The summed E-state index contributed by atoms with van der Waals surface area (Å²) in [6, 6.07) is 4.10. The third-order valence-corrected chi connectivity index (χ3v) is 5.36. The minimum atomic E-state index is -0.684. The van der Waals surface area contributed by atoms with Crippen molar-refractivity contribution in [1.82, 2.24) is 10.2 Å². The Bertz CT molecular complexity index is 647. The maximum atomic E-state index is 13.2. The second kappa shape index (κ2) is 9.62. The molecule has 0 aromatic heterocycles. The lowest BCUT2D eigenvalue weighted by molar-refractivity contribution is -0.159. The van der Waals surface area contributed by atoms with E-state index >= 15 is 0 Å². The van der Waals surface area contributed by atoms with Gasteiger partial charge in [0.25, 0.3) is 5.91 Å². The standard InChI is InChI=1S/C20H30N2O4.ClH/c1-4-25-17-12-15-6-11-22(14-16(15)13-18(17)26-5-2)19(23)20(24-3)7-9-21-10-8-20;/h12-13,21H,4-11,14H2,1-3H3;1H. The minimum Gasteiger partial charge on any atom is -0.490 e. The highest BCUT2D eigenvalue weighted by atomic mass is 35.5. The molecule has 0 bridgehead atoms. The van der Waals surface area contributed by atoms with E-state index < -0.39 is 5.60 Å². The van der Waals surface area contributed by atoms with Crippen LogP contribution in [0, 0.1) is 0 Å². The van der Waals surface area contributed by atoms with Crippen molar-refractivity contribution in [2.24, 2.45) is 0 Å². The molecule has 2 heterocycles. The van der Waals surface area contributed by atoms with Crippen LogP contribution in [0.4, 0.5) is 0 Å². The predicted octanol–water partition coefficient (Wildman–Crippen LogP) is 2.56. The number of carbonyl (C=O) groups excluding carboxylic acids is 1. The summed E-state index contributed by atoms with van der Waals surface area (Å²) in [5.74, 6) is 1.66. The van der Waals surface area contributed by atoms with Crippen LogP contribution in [0.5, 0.6) is 11.5 Å². The molecule has 0 spiro atoms. The van der Waals surface area contributed by atoms with Gasteiger partial charge < -0.3 is 24.4 Å². The van der Waals surface area contributed by atoms with Crippen molar-refractivity contribution in [3.05, 3.63) is 23.3 Å². The third-order valence-electron chi connectivity index (χ3n) is 5.36. The van der Waals surface area contributed by atoms with Crippen LogP contribution < -0.4 is 14.8 Å². The fraction of sp³-hybridized carbons (Fsp3) is 0.650. The number of amides is 1. The van der Waals surface area contributed by atoms with Crippen LogP contribution in [0.3, 0.4) is 0 Å². The highest BCUT2D eigenvalue weighted by Crippen LogP contribution is 2.35. The Kier molecular flexibility index (Phi) is 7.77. The quantitative estimate of drug-likeness (QED) is 0.798. The zero-order chi connectivity index (χ0) is 18.6. The van der Waals surface area contributed by atoms with E-state index in [4.69, 9.17) is 14.2 Å². The summed E-state index contributed by atoms with van der Waals surface area (Å²) in [7, 11) is 1.66. The summed E-state index contributed by atoms with van der Waals surface area (Å²) in [5, 5.41) is 3.31. The topological polar surface area (TPSA) is 60.0 Å². The van der Waals surface area contributed by atoms with Crippen LogP contribution >= 0.6 is 12.4 Å². The average Bonchev–Trinajstić information content (AvgIpc) is 2.68. The lowest BCUT2D eigenvalue weighted by Crippen LogP contribution is -2.56. The van der Waals surface area contributed by atoms with Gasteiger partial charge in [-0.05, 0) is 69.5 Å². The van der Waals surface area contributed by atoms with Crippen molar-refractivity contribution >= 4 is 18.3 Å². The van der Waals surface area contributed by atoms with E-state index in [2.05, 4.69) is 11.4 Å². The largest absolute Gasteiger partial charge is 0.490 e. The normalized spacial score (nSPS) is 18.3. The molecule has 2 aliphatic heterocycles. The van der Waals surface area contributed by atoms with Crippen molar-refractivity contribution in [2.75, 3.05) is 40.0 Å². The number of halogens is 1. The van der Waals surface area contributed by atoms with E-state index in [1.54, 1.807) is 7.11 Å². The highest BCUT2D eigenvalue weighted by molar-refractivity contribution is 5.86. The van der Waals surface area contributed by atoms with Gasteiger partial charge >= 0.3 is 0 Å². The molecule has 0 unspecified atom stereocenters. The number of hydrogen-bond acceptors (Lipinski definition) is 5. The first kappa shape index (κ1) is 21.8. The van der Waals surface area contributed by atoms with Gasteiger partial charge in [0.2, 0.25) is 0 Å². The van der Waals surface area contributed by atoms with Gasteiger partial charge in [0.15, 0.2) is 11.5 Å². The zero-order valence-electron chi connectivity index (χ0n) is 16.5. The molecule has 0 saturated carbocycles. The molecule has 152 valence electrons. The summed E-state index contributed by atoms with van der Waals surface area (Å²) >= 11 is 0.